The molecule has 0 bridgehead atoms. The summed E-state index contributed by atoms with van der Waals surface area (Å²) in [4.78, 5) is 18.9. The van der Waals surface area contributed by atoms with Crippen LogP contribution in [0.3, 0.4) is 0 Å². The van der Waals surface area contributed by atoms with E-state index in [0.717, 1.165) is 0 Å². The number of anilines is 1. The first-order valence-electron chi connectivity index (χ1n) is 8.35. The molecule has 1 aliphatic rings. The van der Waals surface area contributed by atoms with Gasteiger partial charge in [-0.05, 0) is 19.1 Å². The first-order chi connectivity index (χ1) is 12.9. The number of aromatic nitrogens is 2. The fourth-order valence-corrected chi connectivity index (χ4v) is 5.66. The third-order valence-corrected chi connectivity index (χ3v) is 7.41. The number of hydrogen-bond donors (Lipinski definition) is 0. The highest BCUT2D eigenvalue weighted by atomic mass is 32.2. The van der Waals surface area contributed by atoms with Gasteiger partial charge in [-0.3, -0.25) is 9.20 Å². The molecule has 0 amide bonds. The van der Waals surface area contributed by atoms with Crippen LogP contribution in [0.25, 0.3) is 4.96 Å². The van der Waals surface area contributed by atoms with E-state index < -0.39 is 15.6 Å². The zero-order valence-electron chi connectivity index (χ0n) is 14.5. The quantitative estimate of drug-likeness (QED) is 0.660. The van der Waals surface area contributed by atoms with Crippen LogP contribution in [0.1, 0.15) is 5.69 Å². The van der Waals surface area contributed by atoms with Gasteiger partial charge in [0.25, 0.3) is 15.6 Å². The van der Waals surface area contributed by atoms with Gasteiger partial charge in [0.1, 0.15) is 5.82 Å². The summed E-state index contributed by atoms with van der Waals surface area (Å²) in [6, 6.07) is 6.41. The molecule has 1 aromatic carbocycles. The van der Waals surface area contributed by atoms with Crippen LogP contribution in [0.15, 0.2) is 45.5 Å². The number of para-hydroxylation sites is 1. The first-order valence-corrected chi connectivity index (χ1v) is 10.7. The molecule has 142 valence electrons. The summed E-state index contributed by atoms with van der Waals surface area (Å²) in [7, 11) is -3.99. The number of halogens is 1. The molecule has 10 heteroatoms. The molecule has 0 spiro atoms. The maximum absolute atomic E-state index is 14.0. The Balaban J connectivity index is 1.63. The van der Waals surface area contributed by atoms with Gasteiger partial charge in [-0.2, -0.15) is 4.31 Å². The maximum atomic E-state index is 14.0. The third-order valence-electron chi connectivity index (χ3n) is 4.62. The molecular formula is C17H17FN4O3S2. The van der Waals surface area contributed by atoms with Crippen molar-refractivity contribution < 1.29 is 12.8 Å². The Morgan fingerprint density at radius 3 is 2.56 bits per heavy atom. The lowest BCUT2D eigenvalue weighted by molar-refractivity contribution is 0.382. The van der Waals surface area contributed by atoms with Crippen LogP contribution in [0.2, 0.25) is 0 Å². The van der Waals surface area contributed by atoms with Gasteiger partial charge in [-0.1, -0.05) is 12.1 Å². The monoisotopic (exact) mass is 408 g/mol. The van der Waals surface area contributed by atoms with Crippen molar-refractivity contribution in [2.75, 3.05) is 31.1 Å². The summed E-state index contributed by atoms with van der Waals surface area (Å²) in [5.74, 6) is -0.338. The molecule has 0 saturated carbocycles. The van der Waals surface area contributed by atoms with Gasteiger partial charge in [0.15, 0.2) is 9.86 Å². The van der Waals surface area contributed by atoms with Crippen molar-refractivity contribution in [3.63, 3.8) is 0 Å². The minimum Gasteiger partial charge on any atom is -0.367 e. The second-order valence-electron chi connectivity index (χ2n) is 6.23. The minimum atomic E-state index is -3.99. The predicted molar refractivity (Wildman–Crippen MR) is 101 cm³/mol. The second kappa shape index (κ2) is 6.70. The number of piperazine rings is 1. The van der Waals surface area contributed by atoms with Crippen LogP contribution in [-0.2, 0) is 10.0 Å². The summed E-state index contributed by atoms with van der Waals surface area (Å²) in [5.41, 5.74) is 0.0569. The van der Waals surface area contributed by atoms with Gasteiger partial charge in [-0.25, -0.2) is 17.8 Å². The van der Waals surface area contributed by atoms with Crippen molar-refractivity contribution in [2.24, 2.45) is 0 Å². The van der Waals surface area contributed by atoms with Gasteiger partial charge in [-0.15, -0.1) is 11.3 Å². The first kappa shape index (κ1) is 18.1. The van der Waals surface area contributed by atoms with E-state index in [-0.39, 0.29) is 29.5 Å². The van der Waals surface area contributed by atoms with E-state index in [0.29, 0.717) is 23.7 Å². The number of fused-ring (bicyclic) bond motifs is 1. The molecule has 3 heterocycles. The molecule has 27 heavy (non-hydrogen) atoms. The summed E-state index contributed by atoms with van der Waals surface area (Å²) in [6.45, 7) is 2.55. The van der Waals surface area contributed by atoms with Gasteiger partial charge in [0.05, 0.1) is 11.4 Å². The summed E-state index contributed by atoms with van der Waals surface area (Å²) >= 11 is 1.27. The van der Waals surface area contributed by atoms with Crippen LogP contribution in [0.4, 0.5) is 10.1 Å². The Morgan fingerprint density at radius 2 is 1.85 bits per heavy atom. The predicted octanol–water partition coefficient (Wildman–Crippen LogP) is 1.71. The third kappa shape index (κ3) is 3.03. The van der Waals surface area contributed by atoms with Crippen LogP contribution in [0.5, 0.6) is 0 Å². The van der Waals surface area contributed by atoms with Gasteiger partial charge >= 0.3 is 0 Å². The molecule has 4 rings (SSSR count). The number of aryl methyl sites for hydroxylation is 1. The van der Waals surface area contributed by atoms with Gasteiger partial charge in [0, 0.05) is 37.8 Å². The van der Waals surface area contributed by atoms with E-state index in [1.807, 2.05) is 0 Å². The van der Waals surface area contributed by atoms with Crippen molar-refractivity contribution in [2.45, 2.75) is 11.8 Å². The van der Waals surface area contributed by atoms with Crippen LogP contribution < -0.4 is 10.5 Å². The highest BCUT2D eigenvalue weighted by molar-refractivity contribution is 7.89. The maximum Gasteiger partial charge on any atom is 0.279 e. The molecule has 0 unspecified atom stereocenters. The van der Waals surface area contributed by atoms with E-state index >= 15 is 0 Å². The largest absolute Gasteiger partial charge is 0.367 e. The summed E-state index contributed by atoms with van der Waals surface area (Å²) in [6.07, 6.45) is 1.52. The molecule has 3 aromatic rings. The average Bonchev–Trinajstić information content (AvgIpc) is 3.11. The molecule has 1 saturated heterocycles. The molecule has 0 N–H and O–H groups in total. The second-order valence-corrected chi connectivity index (χ2v) is 8.98. The number of sulfonamides is 1. The van der Waals surface area contributed by atoms with Crippen molar-refractivity contribution in [3.8, 4) is 0 Å². The van der Waals surface area contributed by atoms with Crippen molar-refractivity contribution in [3.05, 3.63) is 57.7 Å². The molecule has 0 radical (unpaired) electrons. The number of thiazole rings is 1. The van der Waals surface area contributed by atoms with Crippen molar-refractivity contribution in [1.29, 1.82) is 0 Å². The fourth-order valence-electron chi connectivity index (χ4n) is 3.27. The number of rotatable bonds is 3. The lowest BCUT2D eigenvalue weighted by Gasteiger charge is -2.35. The molecular weight excluding hydrogens is 391 g/mol. The molecule has 7 nitrogen and oxygen atoms in total. The normalized spacial score (nSPS) is 16.1. The molecule has 0 atom stereocenters. The fraction of sp³-hybridized carbons (Fsp3) is 0.294. The van der Waals surface area contributed by atoms with Crippen molar-refractivity contribution >= 4 is 32.0 Å². The number of benzene rings is 1. The highest BCUT2D eigenvalue weighted by Gasteiger charge is 2.33. The molecule has 2 aromatic heterocycles. The van der Waals surface area contributed by atoms with E-state index in [2.05, 4.69) is 4.98 Å². The van der Waals surface area contributed by atoms with E-state index in [4.69, 9.17) is 0 Å². The Bertz CT molecular complexity index is 1160. The molecule has 0 aliphatic carbocycles. The molecule has 1 aliphatic heterocycles. The zero-order chi connectivity index (χ0) is 19.2. The smallest absolute Gasteiger partial charge is 0.279 e. The lowest BCUT2D eigenvalue weighted by Crippen LogP contribution is -2.50. The Kier molecular flexibility index (Phi) is 4.49. The highest BCUT2D eigenvalue weighted by Crippen LogP contribution is 2.23. The van der Waals surface area contributed by atoms with Gasteiger partial charge < -0.3 is 4.90 Å². The topological polar surface area (TPSA) is 75.0 Å². The summed E-state index contributed by atoms with van der Waals surface area (Å²) in [5, 5.41) is 1.69. The Labute approximate surface area is 159 Å². The summed E-state index contributed by atoms with van der Waals surface area (Å²) < 4.78 is 42.7. The van der Waals surface area contributed by atoms with E-state index in [9.17, 15) is 17.6 Å². The zero-order valence-corrected chi connectivity index (χ0v) is 16.1. The van der Waals surface area contributed by atoms with Crippen LogP contribution >= 0.6 is 11.3 Å². The average molecular weight is 408 g/mol. The van der Waals surface area contributed by atoms with Crippen molar-refractivity contribution in [1.82, 2.24) is 13.7 Å². The number of nitrogens with zero attached hydrogens (tertiary/aromatic N) is 4. The Morgan fingerprint density at radius 1 is 1.15 bits per heavy atom. The minimum absolute atomic E-state index is 0.169. The van der Waals surface area contributed by atoms with Crippen LogP contribution in [-0.4, -0.2) is 48.3 Å². The number of hydrogen-bond acceptors (Lipinski definition) is 6. The van der Waals surface area contributed by atoms with E-state index in [1.165, 1.54) is 39.2 Å². The standard InChI is InChI=1S/C17H17FN4O3S2/c1-12-15(16(23)22-10-11-26-17(22)19-12)27(24,25)21-8-6-20(7-9-21)14-5-3-2-4-13(14)18/h2-5,10-11H,6-9H2,1H3. The lowest BCUT2D eigenvalue weighted by atomic mass is 10.2. The SMILES string of the molecule is Cc1nc2sccn2c(=O)c1S(=O)(=O)N1CCN(c2ccccc2F)CC1. The van der Waals surface area contributed by atoms with E-state index in [1.54, 1.807) is 28.5 Å². The Hall–Kier alpha value is -2.30. The van der Waals surface area contributed by atoms with Crippen LogP contribution in [0, 0.1) is 12.7 Å². The van der Waals surface area contributed by atoms with Gasteiger partial charge in [0.2, 0.25) is 0 Å². The molecule has 1 fully saturated rings.